The van der Waals surface area contributed by atoms with E-state index in [1.807, 2.05) is 44.2 Å². The van der Waals surface area contributed by atoms with E-state index >= 15 is 0 Å². The summed E-state index contributed by atoms with van der Waals surface area (Å²) in [6.07, 6.45) is 2.46. The van der Waals surface area contributed by atoms with Gasteiger partial charge in [0.15, 0.2) is 0 Å². The summed E-state index contributed by atoms with van der Waals surface area (Å²) in [5.41, 5.74) is 8.99. The van der Waals surface area contributed by atoms with Gasteiger partial charge < -0.3 is 11.1 Å². The van der Waals surface area contributed by atoms with Gasteiger partial charge in [-0.2, -0.15) is 0 Å². The molecule has 154 valence electrons. The fourth-order valence-corrected chi connectivity index (χ4v) is 3.58. The van der Waals surface area contributed by atoms with Crippen LogP contribution in [0.15, 0.2) is 59.8 Å². The third kappa shape index (κ3) is 3.69. The summed E-state index contributed by atoms with van der Waals surface area (Å²) in [6.45, 7) is 11.2. The molecule has 0 aliphatic rings. The maximum Gasteiger partial charge on any atom is 0.268 e. The number of nitrogens with zero attached hydrogens (tertiary/aromatic N) is 4. The first-order valence-electron chi connectivity index (χ1n) is 9.55. The van der Waals surface area contributed by atoms with Crippen LogP contribution in [0.4, 0.5) is 21.7 Å². The lowest BCUT2D eigenvalue weighted by Crippen LogP contribution is -2.21. The van der Waals surface area contributed by atoms with E-state index in [1.165, 1.54) is 23.0 Å². The van der Waals surface area contributed by atoms with Crippen molar-refractivity contribution in [1.29, 1.82) is 0 Å². The molecule has 3 aromatic heterocycles. The Bertz CT molecular complexity index is 1410. The van der Waals surface area contributed by atoms with Crippen molar-refractivity contribution < 1.29 is 4.39 Å². The van der Waals surface area contributed by atoms with Crippen molar-refractivity contribution in [2.24, 2.45) is 0 Å². The summed E-state index contributed by atoms with van der Waals surface area (Å²) in [7, 11) is 0. The summed E-state index contributed by atoms with van der Waals surface area (Å²) in [6, 6.07) is 11.9. The van der Waals surface area contributed by atoms with Crippen LogP contribution in [0.3, 0.4) is 0 Å². The van der Waals surface area contributed by atoms with Gasteiger partial charge in [-0.1, -0.05) is 29.8 Å². The first-order chi connectivity index (χ1) is 14.9. The number of nitrogen functional groups attached to an aromatic ring is 1. The summed E-state index contributed by atoms with van der Waals surface area (Å²) >= 11 is 0. The number of aryl methyl sites for hydroxylation is 1. The normalized spacial score (nSPS) is 11.8. The van der Waals surface area contributed by atoms with E-state index in [0.717, 1.165) is 11.1 Å². The minimum Gasteiger partial charge on any atom is -0.392 e. The molecule has 0 unspecified atom stereocenters. The predicted octanol–water partition coefficient (Wildman–Crippen LogP) is 4.51. The van der Waals surface area contributed by atoms with Gasteiger partial charge in [-0.3, -0.25) is 9.20 Å². The van der Waals surface area contributed by atoms with Crippen LogP contribution < -0.4 is 16.6 Å². The van der Waals surface area contributed by atoms with Crippen molar-refractivity contribution >= 4 is 22.8 Å². The molecule has 0 aliphatic heterocycles. The second-order valence-corrected chi connectivity index (χ2v) is 7.23. The van der Waals surface area contributed by atoms with Gasteiger partial charge in [0, 0.05) is 17.8 Å². The van der Waals surface area contributed by atoms with E-state index in [0.29, 0.717) is 16.6 Å². The van der Waals surface area contributed by atoms with E-state index in [9.17, 15) is 9.18 Å². The number of hydrogen-bond donors (Lipinski definition) is 2. The van der Waals surface area contributed by atoms with E-state index in [4.69, 9.17) is 12.3 Å². The Labute approximate surface area is 177 Å². The van der Waals surface area contributed by atoms with Crippen LogP contribution in [0.25, 0.3) is 21.5 Å². The second-order valence-electron chi connectivity index (χ2n) is 7.23. The third-order valence-electron chi connectivity index (χ3n) is 5.06. The Hall–Kier alpha value is -4.25. The van der Waals surface area contributed by atoms with Crippen molar-refractivity contribution in [3.05, 3.63) is 93.7 Å². The molecule has 0 bridgehead atoms. The predicted molar refractivity (Wildman–Crippen MR) is 119 cm³/mol. The number of benzene rings is 1. The highest BCUT2D eigenvalue weighted by molar-refractivity contribution is 5.77. The van der Waals surface area contributed by atoms with Gasteiger partial charge in [0.2, 0.25) is 0 Å². The van der Waals surface area contributed by atoms with Crippen LogP contribution in [0, 0.1) is 19.3 Å². The molecule has 0 saturated carbocycles. The van der Waals surface area contributed by atoms with Gasteiger partial charge >= 0.3 is 0 Å². The summed E-state index contributed by atoms with van der Waals surface area (Å²) in [5.74, 6) is -0.140. The fraction of sp³-hybridized carbons (Fsp3) is 0.130. The average molecular weight is 414 g/mol. The third-order valence-corrected chi connectivity index (χ3v) is 5.06. The lowest BCUT2D eigenvalue weighted by atomic mass is 9.95. The zero-order chi connectivity index (χ0) is 22.1. The minimum absolute atomic E-state index is 0.0765. The van der Waals surface area contributed by atoms with Crippen LogP contribution in [0.2, 0.25) is 0 Å². The first kappa shape index (κ1) is 20.0. The van der Waals surface area contributed by atoms with E-state index in [-0.39, 0.29) is 22.9 Å². The molecule has 0 radical (unpaired) electrons. The van der Waals surface area contributed by atoms with Crippen molar-refractivity contribution in [3.63, 3.8) is 0 Å². The monoisotopic (exact) mass is 414 g/mol. The molecule has 0 saturated heterocycles. The molecule has 3 N–H and O–H groups in total. The zero-order valence-corrected chi connectivity index (χ0v) is 16.9. The lowest BCUT2D eigenvalue weighted by Gasteiger charge is -2.20. The van der Waals surface area contributed by atoms with Gasteiger partial charge in [0.25, 0.3) is 11.2 Å². The van der Waals surface area contributed by atoms with Crippen LogP contribution in [-0.4, -0.2) is 14.4 Å². The van der Waals surface area contributed by atoms with E-state index in [2.05, 4.69) is 20.1 Å². The molecular weight excluding hydrogens is 395 g/mol. The highest BCUT2D eigenvalue weighted by Gasteiger charge is 2.20. The lowest BCUT2D eigenvalue weighted by molar-refractivity contribution is 0.618. The number of fused-ring (bicyclic) bond motifs is 1. The number of aromatic nitrogens is 3. The van der Waals surface area contributed by atoms with Crippen LogP contribution in [0.5, 0.6) is 0 Å². The maximum absolute atomic E-state index is 13.9. The van der Waals surface area contributed by atoms with Crippen molar-refractivity contribution in [3.8, 4) is 11.1 Å². The van der Waals surface area contributed by atoms with Crippen LogP contribution in [-0.2, 0) is 0 Å². The molecule has 0 fully saturated rings. The first-order valence-corrected chi connectivity index (χ1v) is 9.55. The van der Waals surface area contributed by atoms with Crippen molar-refractivity contribution in [2.45, 2.75) is 19.9 Å². The Kier molecular flexibility index (Phi) is 5.09. The van der Waals surface area contributed by atoms with E-state index < -0.39 is 11.9 Å². The molecular formula is C23H19FN6O. The zero-order valence-electron chi connectivity index (χ0n) is 16.9. The second kappa shape index (κ2) is 7.88. The molecule has 4 rings (SSSR count). The van der Waals surface area contributed by atoms with Gasteiger partial charge in [0.05, 0.1) is 12.1 Å². The number of hydrogen-bond acceptors (Lipinski definition) is 5. The fourth-order valence-electron chi connectivity index (χ4n) is 3.58. The van der Waals surface area contributed by atoms with E-state index in [1.54, 1.807) is 6.07 Å². The Morgan fingerprint density at radius 2 is 2.03 bits per heavy atom. The Balaban J connectivity index is 1.93. The topological polar surface area (TPSA) is 89.7 Å². The Morgan fingerprint density at radius 3 is 2.77 bits per heavy atom. The number of pyridine rings is 2. The van der Waals surface area contributed by atoms with Crippen molar-refractivity contribution in [2.75, 3.05) is 11.1 Å². The highest BCUT2D eigenvalue weighted by atomic mass is 19.1. The van der Waals surface area contributed by atoms with Crippen LogP contribution >= 0.6 is 0 Å². The number of rotatable bonds is 4. The number of halogens is 1. The molecule has 1 aromatic carbocycles. The molecule has 8 heteroatoms. The maximum atomic E-state index is 13.9. The van der Waals surface area contributed by atoms with Gasteiger partial charge in [0.1, 0.15) is 23.8 Å². The SMILES string of the molecule is [C-]#[N+]c1c(N)ncnc1N[C@@H](C)c1cc2ccc(F)cn2c(=O)c1-c1cccc(C)c1. The van der Waals surface area contributed by atoms with Gasteiger partial charge in [-0.25, -0.2) is 19.2 Å². The van der Waals surface area contributed by atoms with Crippen LogP contribution in [0.1, 0.15) is 24.1 Å². The van der Waals surface area contributed by atoms with Gasteiger partial charge in [-0.05, 0) is 43.2 Å². The number of nitrogens with two attached hydrogens (primary N) is 1. The summed E-state index contributed by atoms with van der Waals surface area (Å²) < 4.78 is 15.2. The molecule has 1 atom stereocenters. The average Bonchev–Trinajstić information content (AvgIpc) is 2.74. The number of nitrogens with one attached hydrogen (secondary N) is 1. The van der Waals surface area contributed by atoms with Gasteiger partial charge in [-0.15, -0.1) is 0 Å². The summed E-state index contributed by atoms with van der Waals surface area (Å²) in [4.78, 5) is 24.8. The smallest absolute Gasteiger partial charge is 0.268 e. The largest absolute Gasteiger partial charge is 0.392 e. The minimum atomic E-state index is -0.498. The molecule has 31 heavy (non-hydrogen) atoms. The highest BCUT2D eigenvalue weighted by Crippen LogP contribution is 2.33. The molecule has 4 aromatic rings. The Morgan fingerprint density at radius 1 is 1.23 bits per heavy atom. The quantitative estimate of drug-likeness (QED) is 0.480. The molecule has 3 heterocycles. The number of anilines is 2. The standard InChI is InChI=1S/C23H19FN6O/c1-13-5-4-6-15(9-13)19-18(10-17-8-7-16(24)11-30(17)23(19)31)14(2)29-22-20(26-3)21(25)27-12-28-22/h4-12,14H,1-2H3,(H3,25,27,28,29)/t14-/m0/s1. The molecule has 0 aliphatic carbocycles. The molecule has 0 spiro atoms. The summed E-state index contributed by atoms with van der Waals surface area (Å²) in [5, 5.41) is 3.18. The van der Waals surface area contributed by atoms with Crippen molar-refractivity contribution in [1.82, 2.24) is 14.4 Å². The molecule has 0 amide bonds. The molecule has 7 nitrogen and oxygen atoms in total.